The summed E-state index contributed by atoms with van der Waals surface area (Å²) in [6, 6.07) is 0. The molecule has 0 rings (SSSR count). The Bertz CT molecular complexity index is 80.9. The number of unbranched alkanes of at least 4 members (excludes halogenated alkanes) is 2. The maximum Gasteiger partial charge on any atom is 0.129 e. The first-order chi connectivity index (χ1) is 4.27. The Morgan fingerprint density at radius 2 is 1.90 bits per heavy atom. The van der Waals surface area contributed by atoms with E-state index in [0.717, 1.165) is 19.3 Å². The van der Waals surface area contributed by atoms with Crippen molar-refractivity contribution in [3.05, 3.63) is 0 Å². The summed E-state index contributed by atoms with van der Waals surface area (Å²) in [4.78, 5) is 10.3. The Labute approximate surface area is 61.4 Å². The zero-order valence-electron chi connectivity index (χ0n) is 6.39. The largest absolute Gasteiger partial charge is 0.412 e. The predicted molar refractivity (Wildman–Crippen MR) is 39.8 cm³/mol. The zero-order chi connectivity index (χ0) is 7.11. The molecule has 0 saturated carbocycles. The molecular weight excluding hydrogens is 132 g/mol. The maximum absolute atomic E-state index is 10.3. The van der Waals surface area contributed by atoms with Gasteiger partial charge >= 0.3 is 0 Å². The van der Waals surface area contributed by atoms with Crippen LogP contribution in [0, 0.1) is 0 Å². The SMILES string of the molecule is CC(=O)CCCCCO.O. The second-order valence-electron chi connectivity index (χ2n) is 2.24. The van der Waals surface area contributed by atoms with E-state index >= 15 is 0 Å². The quantitative estimate of drug-likeness (QED) is 0.570. The van der Waals surface area contributed by atoms with Gasteiger partial charge in [0.2, 0.25) is 0 Å². The average molecular weight is 148 g/mol. The van der Waals surface area contributed by atoms with E-state index in [-0.39, 0.29) is 17.9 Å². The van der Waals surface area contributed by atoms with Crippen molar-refractivity contribution in [1.29, 1.82) is 0 Å². The summed E-state index contributed by atoms with van der Waals surface area (Å²) in [6.07, 6.45) is 3.39. The lowest BCUT2D eigenvalue weighted by atomic mass is 10.1. The fourth-order valence-electron chi connectivity index (χ4n) is 0.663. The number of hydrogen-bond donors (Lipinski definition) is 1. The number of carbonyl (C=O) groups excluding carboxylic acids is 1. The van der Waals surface area contributed by atoms with E-state index in [1.54, 1.807) is 6.92 Å². The third-order valence-electron chi connectivity index (χ3n) is 1.19. The van der Waals surface area contributed by atoms with Crippen LogP contribution in [-0.2, 0) is 4.79 Å². The first kappa shape index (κ1) is 12.3. The molecule has 0 heterocycles. The van der Waals surface area contributed by atoms with E-state index < -0.39 is 0 Å². The van der Waals surface area contributed by atoms with Gasteiger partial charge in [-0.25, -0.2) is 0 Å². The smallest absolute Gasteiger partial charge is 0.129 e. The Morgan fingerprint density at radius 1 is 1.30 bits per heavy atom. The monoisotopic (exact) mass is 148 g/mol. The average Bonchev–Trinajstić information content (AvgIpc) is 1.80. The molecule has 0 fully saturated rings. The van der Waals surface area contributed by atoms with Gasteiger partial charge in [-0.05, 0) is 19.8 Å². The van der Waals surface area contributed by atoms with Crippen LogP contribution in [0.1, 0.15) is 32.6 Å². The van der Waals surface area contributed by atoms with Crippen molar-refractivity contribution in [2.45, 2.75) is 32.6 Å². The molecule has 0 bridgehead atoms. The molecule has 0 saturated heterocycles. The van der Waals surface area contributed by atoms with Crippen LogP contribution in [-0.4, -0.2) is 23.0 Å². The number of carbonyl (C=O) groups is 1. The molecule has 3 N–H and O–H groups in total. The standard InChI is InChI=1S/C7H14O2.H2O/c1-7(9)5-3-2-4-6-8;/h8H,2-6H2,1H3;1H2. The third kappa shape index (κ3) is 10.5. The highest BCUT2D eigenvalue weighted by molar-refractivity contribution is 5.75. The first-order valence-electron chi connectivity index (χ1n) is 3.37. The Balaban J connectivity index is 0. The summed E-state index contributed by atoms with van der Waals surface area (Å²) in [6.45, 7) is 1.84. The molecule has 0 atom stereocenters. The summed E-state index contributed by atoms with van der Waals surface area (Å²) in [7, 11) is 0. The number of rotatable bonds is 5. The van der Waals surface area contributed by atoms with Gasteiger partial charge in [-0.2, -0.15) is 0 Å². The summed E-state index contributed by atoms with van der Waals surface area (Å²) in [5, 5.41) is 8.35. The van der Waals surface area contributed by atoms with E-state index in [9.17, 15) is 4.79 Å². The fourth-order valence-corrected chi connectivity index (χ4v) is 0.663. The highest BCUT2D eigenvalue weighted by atomic mass is 16.2. The van der Waals surface area contributed by atoms with Crippen LogP contribution in [0.2, 0.25) is 0 Å². The van der Waals surface area contributed by atoms with E-state index in [2.05, 4.69) is 0 Å². The van der Waals surface area contributed by atoms with Crippen molar-refractivity contribution >= 4 is 5.78 Å². The molecule has 3 nitrogen and oxygen atoms in total. The predicted octanol–water partition coefficient (Wildman–Crippen LogP) is 0.303. The van der Waals surface area contributed by atoms with Gasteiger partial charge in [0, 0.05) is 13.0 Å². The van der Waals surface area contributed by atoms with E-state index in [1.165, 1.54) is 0 Å². The number of Topliss-reactive ketones (excluding diaryl/α,β-unsaturated/α-hetero) is 1. The second-order valence-corrected chi connectivity index (χ2v) is 2.24. The normalized spacial score (nSPS) is 8.60. The van der Waals surface area contributed by atoms with E-state index in [1.807, 2.05) is 0 Å². The summed E-state index contributed by atoms with van der Waals surface area (Å²) in [5.74, 6) is 0.243. The molecule has 3 heteroatoms. The molecular formula is C7H16O3. The zero-order valence-corrected chi connectivity index (χ0v) is 6.39. The molecule has 0 aliphatic carbocycles. The van der Waals surface area contributed by atoms with Gasteiger partial charge in [-0.1, -0.05) is 6.42 Å². The van der Waals surface area contributed by atoms with Crippen LogP contribution >= 0.6 is 0 Å². The molecule has 10 heavy (non-hydrogen) atoms. The van der Waals surface area contributed by atoms with Gasteiger partial charge < -0.3 is 15.4 Å². The van der Waals surface area contributed by atoms with Crippen molar-refractivity contribution in [3.63, 3.8) is 0 Å². The lowest BCUT2D eigenvalue weighted by Crippen LogP contribution is -1.90. The van der Waals surface area contributed by atoms with Crippen molar-refractivity contribution < 1.29 is 15.4 Å². The van der Waals surface area contributed by atoms with Gasteiger partial charge in [-0.15, -0.1) is 0 Å². The number of hydrogen-bond acceptors (Lipinski definition) is 2. The summed E-state index contributed by atoms with van der Waals surface area (Å²) < 4.78 is 0. The fraction of sp³-hybridized carbons (Fsp3) is 0.857. The van der Waals surface area contributed by atoms with Crippen LogP contribution < -0.4 is 0 Å². The van der Waals surface area contributed by atoms with Crippen molar-refractivity contribution in [3.8, 4) is 0 Å². The van der Waals surface area contributed by atoms with E-state index in [4.69, 9.17) is 5.11 Å². The van der Waals surface area contributed by atoms with E-state index in [0.29, 0.717) is 6.42 Å². The van der Waals surface area contributed by atoms with Gasteiger partial charge in [0.15, 0.2) is 0 Å². The van der Waals surface area contributed by atoms with Gasteiger partial charge in [0.05, 0.1) is 0 Å². The minimum atomic E-state index is 0. The van der Waals surface area contributed by atoms with Crippen molar-refractivity contribution in [2.24, 2.45) is 0 Å². The minimum absolute atomic E-state index is 0. The molecule has 0 aromatic heterocycles. The molecule has 0 aliphatic heterocycles. The lowest BCUT2D eigenvalue weighted by molar-refractivity contribution is -0.117. The molecule has 0 aromatic rings. The summed E-state index contributed by atoms with van der Waals surface area (Å²) in [5.41, 5.74) is 0. The maximum atomic E-state index is 10.3. The van der Waals surface area contributed by atoms with Crippen molar-refractivity contribution in [2.75, 3.05) is 6.61 Å². The minimum Gasteiger partial charge on any atom is -0.412 e. The first-order valence-corrected chi connectivity index (χ1v) is 3.37. The molecule has 0 aromatic carbocycles. The Kier molecular flexibility index (Phi) is 10.6. The number of ketones is 1. The third-order valence-corrected chi connectivity index (χ3v) is 1.19. The van der Waals surface area contributed by atoms with Crippen LogP contribution in [0.25, 0.3) is 0 Å². The Hall–Kier alpha value is -0.410. The molecule has 0 amide bonds. The topological polar surface area (TPSA) is 68.8 Å². The molecule has 62 valence electrons. The highest BCUT2D eigenvalue weighted by Gasteiger charge is 1.91. The summed E-state index contributed by atoms with van der Waals surface area (Å²) >= 11 is 0. The molecule has 0 radical (unpaired) electrons. The highest BCUT2D eigenvalue weighted by Crippen LogP contribution is 1.98. The van der Waals surface area contributed by atoms with Gasteiger partial charge in [0.1, 0.15) is 5.78 Å². The van der Waals surface area contributed by atoms with Crippen LogP contribution in [0.15, 0.2) is 0 Å². The van der Waals surface area contributed by atoms with Crippen LogP contribution in [0.4, 0.5) is 0 Å². The van der Waals surface area contributed by atoms with Crippen molar-refractivity contribution in [1.82, 2.24) is 0 Å². The van der Waals surface area contributed by atoms with Gasteiger partial charge in [-0.3, -0.25) is 0 Å². The lowest BCUT2D eigenvalue weighted by Gasteiger charge is -1.93. The second kappa shape index (κ2) is 8.59. The van der Waals surface area contributed by atoms with Gasteiger partial charge in [0.25, 0.3) is 0 Å². The molecule has 0 unspecified atom stereocenters. The number of aliphatic hydroxyl groups is 1. The molecule has 0 spiro atoms. The Morgan fingerprint density at radius 3 is 2.30 bits per heavy atom. The van der Waals surface area contributed by atoms with Crippen LogP contribution in [0.3, 0.4) is 0 Å². The number of aliphatic hydroxyl groups excluding tert-OH is 1. The van der Waals surface area contributed by atoms with Crippen LogP contribution in [0.5, 0.6) is 0 Å². The molecule has 0 aliphatic rings.